The fraction of sp³-hybridized carbons (Fsp3) is 0.364. The van der Waals surface area contributed by atoms with E-state index in [2.05, 4.69) is 4.74 Å². The number of rotatable bonds is 5. The van der Waals surface area contributed by atoms with Crippen LogP contribution in [0, 0.1) is 10.1 Å². The number of benzene rings is 1. The molecule has 0 heterocycles. The highest BCUT2D eigenvalue weighted by molar-refractivity contribution is 6.37. The maximum Gasteiger partial charge on any atom is 0.329 e. The Morgan fingerprint density at radius 2 is 1.95 bits per heavy atom. The van der Waals surface area contributed by atoms with Crippen LogP contribution >= 0.6 is 23.2 Å². The number of nitro groups is 1. The van der Waals surface area contributed by atoms with E-state index >= 15 is 0 Å². The van der Waals surface area contributed by atoms with Crippen LogP contribution in [0.15, 0.2) is 12.1 Å². The fourth-order valence-electron chi connectivity index (χ4n) is 1.30. The first-order chi connectivity index (χ1) is 9.19. The van der Waals surface area contributed by atoms with Crippen molar-refractivity contribution < 1.29 is 19.2 Å². The summed E-state index contributed by atoms with van der Waals surface area (Å²) in [6.45, 7) is 1.16. The van der Waals surface area contributed by atoms with Crippen molar-refractivity contribution in [2.75, 3.05) is 13.7 Å². The largest absolute Gasteiger partial charge is 0.488 e. The van der Waals surface area contributed by atoms with Gasteiger partial charge in [0.1, 0.15) is 12.1 Å². The van der Waals surface area contributed by atoms with Gasteiger partial charge in [-0.05, 0) is 6.92 Å². The van der Waals surface area contributed by atoms with Crippen molar-refractivity contribution in [1.29, 1.82) is 0 Å². The molecule has 1 unspecified atom stereocenters. The van der Waals surface area contributed by atoms with Crippen molar-refractivity contribution in [3.63, 3.8) is 0 Å². The van der Waals surface area contributed by atoms with Gasteiger partial charge in [-0.15, -0.1) is 0 Å². The molecular formula is C11H12Cl2N2O5. The molecule has 0 saturated carbocycles. The number of nitro benzene ring substituents is 1. The first kappa shape index (κ1) is 16.5. The Labute approximate surface area is 124 Å². The summed E-state index contributed by atoms with van der Waals surface area (Å²) in [4.78, 5) is 21.4. The molecule has 0 saturated heterocycles. The van der Waals surface area contributed by atoms with Gasteiger partial charge in [0, 0.05) is 12.1 Å². The number of nitrogens with zero attached hydrogens (tertiary/aromatic N) is 1. The van der Waals surface area contributed by atoms with E-state index in [1.807, 2.05) is 0 Å². The second-order valence-corrected chi connectivity index (χ2v) is 5.01. The van der Waals surface area contributed by atoms with E-state index in [1.165, 1.54) is 14.0 Å². The maximum atomic E-state index is 11.4. The third-order valence-corrected chi connectivity index (χ3v) is 2.92. The molecule has 0 aromatic heterocycles. The quantitative estimate of drug-likeness (QED) is 0.506. The Balaban J connectivity index is 2.94. The van der Waals surface area contributed by atoms with Gasteiger partial charge in [-0.3, -0.25) is 10.1 Å². The highest BCUT2D eigenvalue weighted by Crippen LogP contribution is 2.37. The van der Waals surface area contributed by atoms with Crippen molar-refractivity contribution in [1.82, 2.24) is 0 Å². The van der Waals surface area contributed by atoms with Crippen molar-refractivity contribution in [3.05, 3.63) is 32.3 Å². The third-order valence-electron chi connectivity index (χ3n) is 2.36. The van der Waals surface area contributed by atoms with Gasteiger partial charge < -0.3 is 15.2 Å². The Morgan fingerprint density at radius 1 is 1.45 bits per heavy atom. The zero-order chi connectivity index (χ0) is 15.5. The lowest BCUT2D eigenvalue weighted by Gasteiger charge is -2.22. The monoisotopic (exact) mass is 322 g/mol. The van der Waals surface area contributed by atoms with Gasteiger partial charge in [0.25, 0.3) is 5.69 Å². The van der Waals surface area contributed by atoms with E-state index in [4.69, 9.17) is 33.7 Å². The molecule has 0 amide bonds. The average Bonchev–Trinajstić information content (AvgIpc) is 2.36. The zero-order valence-corrected chi connectivity index (χ0v) is 12.2. The van der Waals surface area contributed by atoms with Gasteiger partial charge in [-0.1, -0.05) is 23.2 Å². The van der Waals surface area contributed by atoms with Gasteiger partial charge in [0.15, 0.2) is 5.75 Å². The number of hydrogen-bond donors (Lipinski definition) is 1. The average molecular weight is 323 g/mol. The van der Waals surface area contributed by atoms with Crippen molar-refractivity contribution in [2.24, 2.45) is 5.73 Å². The topological polar surface area (TPSA) is 105 Å². The Morgan fingerprint density at radius 3 is 2.35 bits per heavy atom. The molecule has 0 fully saturated rings. The number of ether oxygens (including phenoxy) is 2. The minimum absolute atomic E-state index is 0.0134. The van der Waals surface area contributed by atoms with E-state index in [-0.39, 0.29) is 28.1 Å². The summed E-state index contributed by atoms with van der Waals surface area (Å²) in [6.07, 6.45) is 0. The number of methoxy groups -OCH3 is 1. The van der Waals surface area contributed by atoms with Crippen LogP contribution in [-0.4, -0.2) is 30.1 Å². The van der Waals surface area contributed by atoms with E-state index in [1.54, 1.807) is 0 Å². The lowest BCUT2D eigenvalue weighted by molar-refractivity contribution is -0.384. The molecule has 20 heavy (non-hydrogen) atoms. The van der Waals surface area contributed by atoms with Crippen LogP contribution in [0.3, 0.4) is 0 Å². The van der Waals surface area contributed by atoms with E-state index < -0.39 is 16.4 Å². The smallest absolute Gasteiger partial charge is 0.329 e. The number of carbonyl (C=O) groups excluding carboxylic acids is 1. The summed E-state index contributed by atoms with van der Waals surface area (Å²) in [5.41, 5.74) is 4.04. The summed E-state index contributed by atoms with van der Waals surface area (Å²) in [6, 6.07) is 2.18. The molecule has 0 bridgehead atoms. The lowest BCUT2D eigenvalue weighted by Crippen LogP contribution is -2.50. The highest BCUT2D eigenvalue weighted by atomic mass is 35.5. The summed E-state index contributed by atoms with van der Waals surface area (Å²) in [5, 5.41) is 10.5. The molecule has 0 radical (unpaired) electrons. The minimum Gasteiger partial charge on any atom is -0.488 e. The second kappa shape index (κ2) is 6.25. The number of esters is 1. The van der Waals surface area contributed by atoms with Gasteiger partial charge in [-0.2, -0.15) is 0 Å². The number of non-ortho nitro benzene ring substituents is 1. The van der Waals surface area contributed by atoms with Gasteiger partial charge in [0.2, 0.25) is 0 Å². The number of carbonyl (C=O) groups is 1. The van der Waals surface area contributed by atoms with Crippen LogP contribution in [0.4, 0.5) is 5.69 Å². The normalized spacial score (nSPS) is 13.4. The van der Waals surface area contributed by atoms with E-state index in [9.17, 15) is 14.9 Å². The standard InChI is InChI=1S/C11H12Cl2N2O5/c1-11(14,10(16)19-2)5-20-9-7(12)3-6(15(17)18)4-8(9)13/h3-4H,5,14H2,1-2H3. The van der Waals surface area contributed by atoms with Crippen LogP contribution in [0.1, 0.15) is 6.92 Å². The van der Waals surface area contributed by atoms with Crippen LogP contribution in [0.5, 0.6) is 5.75 Å². The van der Waals surface area contributed by atoms with Crippen molar-refractivity contribution in [3.8, 4) is 5.75 Å². The first-order valence-corrected chi connectivity index (χ1v) is 6.08. The van der Waals surface area contributed by atoms with Crippen molar-refractivity contribution in [2.45, 2.75) is 12.5 Å². The molecule has 0 aliphatic rings. The minimum atomic E-state index is -1.40. The van der Waals surface area contributed by atoms with Gasteiger partial charge in [-0.25, -0.2) is 4.79 Å². The lowest BCUT2D eigenvalue weighted by atomic mass is 10.1. The Hall–Kier alpha value is -1.57. The summed E-state index contributed by atoms with van der Waals surface area (Å²) in [5.74, 6) is -0.661. The SMILES string of the molecule is COC(=O)C(C)(N)COc1c(Cl)cc([N+](=O)[O-])cc1Cl. The van der Waals surface area contributed by atoms with Crippen LogP contribution in [0.25, 0.3) is 0 Å². The van der Waals surface area contributed by atoms with Crippen LogP contribution in [0.2, 0.25) is 10.0 Å². The second-order valence-electron chi connectivity index (χ2n) is 4.19. The van der Waals surface area contributed by atoms with Gasteiger partial charge in [0.05, 0.1) is 22.1 Å². The molecular weight excluding hydrogens is 311 g/mol. The predicted octanol–water partition coefficient (Wildman–Crippen LogP) is 2.17. The molecule has 1 aromatic carbocycles. The summed E-state index contributed by atoms with van der Waals surface area (Å²) < 4.78 is 9.79. The number of hydrogen-bond acceptors (Lipinski definition) is 6. The molecule has 0 spiro atoms. The zero-order valence-electron chi connectivity index (χ0n) is 10.7. The van der Waals surface area contributed by atoms with Gasteiger partial charge >= 0.3 is 5.97 Å². The number of halogens is 2. The highest BCUT2D eigenvalue weighted by Gasteiger charge is 2.31. The molecule has 1 rings (SSSR count). The first-order valence-electron chi connectivity index (χ1n) is 5.32. The molecule has 7 nitrogen and oxygen atoms in total. The maximum absolute atomic E-state index is 11.4. The van der Waals surface area contributed by atoms with Crippen LogP contribution < -0.4 is 10.5 Å². The number of nitrogens with two attached hydrogens (primary N) is 1. The van der Waals surface area contributed by atoms with Crippen molar-refractivity contribution >= 4 is 34.9 Å². The summed E-state index contributed by atoms with van der Waals surface area (Å²) in [7, 11) is 1.19. The molecule has 1 atom stereocenters. The molecule has 1 aromatic rings. The van der Waals surface area contributed by atoms with E-state index in [0.29, 0.717) is 0 Å². The predicted molar refractivity (Wildman–Crippen MR) is 73.2 cm³/mol. The molecule has 9 heteroatoms. The van der Waals surface area contributed by atoms with Crippen LogP contribution in [-0.2, 0) is 9.53 Å². The fourth-order valence-corrected chi connectivity index (χ4v) is 1.89. The molecule has 2 N–H and O–H groups in total. The van der Waals surface area contributed by atoms with E-state index in [0.717, 1.165) is 12.1 Å². The molecule has 0 aliphatic carbocycles. The Kier molecular flexibility index (Phi) is 5.15. The molecule has 0 aliphatic heterocycles. The molecule has 110 valence electrons. The Bertz CT molecular complexity index is 525. The summed E-state index contributed by atoms with van der Waals surface area (Å²) >= 11 is 11.7. The third kappa shape index (κ3) is 3.72.